The van der Waals surface area contributed by atoms with E-state index in [1.54, 1.807) is 0 Å². The topological polar surface area (TPSA) is 0 Å². The van der Waals surface area contributed by atoms with E-state index in [0.717, 1.165) is 4.48 Å². The minimum absolute atomic E-state index is 0.320. The molecule has 0 spiro atoms. The van der Waals surface area contributed by atoms with Crippen molar-refractivity contribution >= 4 is 0 Å². The van der Waals surface area contributed by atoms with Crippen molar-refractivity contribution in [2.75, 3.05) is 14.1 Å². The Hall–Kier alpha value is -0.0400. The van der Waals surface area contributed by atoms with Gasteiger partial charge < -0.3 is 4.48 Å². The van der Waals surface area contributed by atoms with Crippen molar-refractivity contribution in [2.45, 2.75) is 65.5 Å². The second-order valence-corrected chi connectivity index (χ2v) is 5.83. The lowest BCUT2D eigenvalue weighted by molar-refractivity contribution is -0.981. The van der Waals surface area contributed by atoms with E-state index in [-0.39, 0.29) is 0 Å². The molecule has 1 heteroatoms. The molecule has 0 fully saturated rings. The fourth-order valence-electron chi connectivity index (χ4n) is 1.85. The summed E-state index contributed by atoms with van der Waals surface area (Å²) in [5, 5.41) is 0. The van der Waals surface area contributed by atoms with Crippen LogP contribution in [0.2, 0.25) is 0 Å². The third kappa shape index (κ3) is 2.07. The molecule has 0 heterocycles. The Morgan fingerprint density at radius 2 is 1.15 bits per heavy atom. The van der Waals surface area contributed by atoms with Gasteiger partial charge >= 0.3 is 0 Å². The molecule has 0 N–H and O–H groups in total. The highest BCUT2D eigenvalue weighted by atomic mass is 15.4. The average Bonchev–Trinajstić information content (AvgIpc) is 2.00. The molecule has 0 rings (SSSR count). The summed E-state index contributed by atoms with van der Waals surface area (Å²) in [6.45, 7) is 14.0. The monoisotopic (exact) mass is 186 g/mol. The van der Waals surface area contributed by atoms with Gasteiger partial charge in [0.1, 0.15) is 0 Å². The summed E-state index contributed by atoms with van der Waals surface area (Å²) in [6, 6.07) is 0. The van der Waals surface area contributed by atoms with Crippen LogP contribution in [0.4, 0.5) is 0 Å². The van der Waals surface area contributed by atoms with Gasteiger partial charge in [0.05, 0.1) is 25.2 Å². The van der Waals surface area contributed by atoms with Gasteiger partial charge in [-0.1, -0.05) is 13.8 Å². The quantitative estimate of drug-likeness (QED) is 0.592. The van der Waals surface area contributed by atoms with Crippen molar-refractivity contribution in [3.63, 3.8) is 0 Å². The molecule has 0 atom stereocenters. The fraction of sp³-hybridized carbons (Fsp3) is 1.00. The van der Waals surface area contributed by atoms with E-state index in [2.05, 4.69) is 55.6 Å². The molecule has 13 heavy (non-hydrogen) atoms. The average molecular weight is 186 g/mol. The van der Waals surface area contributed by atoms with Crippen LogP contribution in [0.5, 0.6) is 0 Å². The Morgan fingerprint density at radius 1 is 0.846 bits per heavy atom. The molecule has 1 nitrogen and oxygen atoms in total. The van der Waals surface area contributed by atoms with Crippen LogP contribution in [-0.4, -0.2) is 29.7 Å². The Kier molecular flexibility index (Phi) is 3.59. The van der Waals surface area contributed by atoms with Crippen LogP contribution < -0.4 is 0 Å². The van der Waals surface area contributed by atoms with Crippen molar-refractivity contribution in [2.24, 2.45) is 0 Å². The summed E-state index contributed by atoms with van der Waals surface area (Å²) in [6.07, 6.45) is 2.49. The lowest BCUT2D eigenvalue weighted by Gasteiger charge is -2.54. The maximum Gasteiger partial charge on any atom is 0.0958 e. The zero-order chi connectivity index (χ0) is 10.9. The van der Waals surface area contributed by atoms with Crippen molar-refractivity contribution in [1.82, 2.24) is 0 Å². The lowest BCUT2D eigenvalue weighted by Crippen LogP contribution is -2.66. The Bertz CT molecular complexity index is 158. The van der Waals surface area contributed by atoms with E-state index in [1.807, 2.05) is 0 Å². The van der Waals surface area contributed by atoms with Crippen LogP contribution in [0.25, 0.3) is 0 Å². The molecule has 0 saturated carbocycles. The van der Waals surface area contributed by atoms with Crippen LogP contribution in [0.15, 0.2) is 0 Å². The van der Waals surface area contributed by atoms with E-state index in [9.17, 15) is 0 Å². The van der Waals surface area contributed by atoms with Gasteiger partial charge in [-0.25, -0.2) is 0 Å². The molecular formula is C12H28N+. The zero-order valence-electron chi connectivity index (χ0n) is 10.9. The molecular weight excluding hydrogens is 158 g/mol. The third-order valence-corrected chi connectivity index (χ3v) is 4.55. The summed E-state index contributed by atoms with van der Waals surface area (Å²) in [5.41, 5.74) is 0.721. The first-order valence-corrected chi connectivity index (χ1v) is 5.46. The number of quaternary nitrogens is 1. The van der Waals surface area contributed by atoms with Gasteiger partial charge in [0.2, 0.25) is 0 Å². The van der Waals surface area contributed by atoms with E-state index in [0.29, 0.717) is 11.1 Å². The molecule has 0 aromatic heterocycles. The first-order valence-electron chi connectivity index (χ1n) is 5.46. The van der Waals surface area contributed by atoms with Gasteiger partial charge in [-0.2, -0.15) is 0 Å². The molecule has 0 amide bonds. The highest BCUT2D eigenvalue weighted by Gasteiger charge is 2.45. The molecule has 0 saturated heterocycles. The first kappa shape index (κ1) is 13.0. The molecule has 0 aliphatic rings. The van der Waals surface area contributed by atoms with Gasteiger partial charge in [0, 0.05) is 0 Å². The summed E-state index contributed by atoms with van der Waals surface area (Å²) >= 11 is 0. The second-order valence-electron chi connectivity index (χ2n) is 5.83. The van der Waals surface area contributed by atoms with Crippen molar-refractivity contribution in [3.05, 3.63) is 0 Å². The molecule has 0 aromatic carbocycles. The molecule has 0 aromatic rings. The smallest absolute Gasteiger partial charge is 0.0958 e. The Morgan fingerprint density at radius 3 is 1.23 bits per heavy atom. The van der Waals surface area contributed by atoms with Gasteiger partial charge in [-0.15, -0.1) is 0 Å². The minimum atomic E-state index is 0.320. The Labute approximate surface area is 84.7 Å². The maximum atomic E-state index is 2.40. The second kappa shape index (κ2) is 3.61. The SMILES string of the molecule is CCC(C)(CC)[N+](C)(C)C(C)(C)C. The standard InChI is InChI=1S/C12H28N/c1-9-12(6,10-2)13(7,8)11(3,4)5/h9-10H2,1-8H3/q+1. The summed E-state index contributed by atoms with van der Waals surface area (Å²) in [5.74, 6) is 0. The predicted molar refractivity (Wildman–Crippen MR) is 60.8 cm³/mol. The van der Waals surface area contributed by atoms with Crippen molar-refractivity contribution in [3.8, 4) is 0 Å². The number of hydrogen-bond acceptors (Lipinski definition) is 0. The maximum absolute atomic E-state index is 2.40. The van der Waals surface area contributed by atoms with Crippen molar-refractivity contribution in [1.29, 1.82) is 0 Å². The van der Waals surface area contributed by atoms with E-state index in [4.69, 9.17) is 0 Å². The van der Waals surface area contributed by atoms with Crippen LogP contribution >= 0.6 is 0 Å². The molecule has 0 radical (unpaired) electrons. The molecule has 0 unspecified atom stereocenters. The normalized spacial score (nSPS) is 14.8. The summed E-state index contributed by atoms with van der Waals surface area (Å²) in [4.78, 5) is 0. The fourth-order valence-corrected chi connectivity index (χ4v) is 1.85. The van der Waals surface area contributed by atoms with E-state index in [1.165, 1.54) is 12.8 Å². The molecule has 0 aliphatic carbocycles. The first-order chi connectivity index (χ1) is 5.62. The largest absolute Gasteiger partial charge is 0.320 e. The highest BCUT2D eigenvalue weighted by molar-refractivity contribution is 4.77. The minimum Gasteiger partial charge on any atom is -0.320 e. The molecule has 0 aliphatic heterocycles. The highest BCUT2D eigenvalue weighted by Crippen LogP contribution is 2.35. The third-order valence-electron chi connectivity index (χ3n) is 4.55. The molecule has 0 bridgehead atoms. The van der Waals surface area contributed by atoms with Gasteiger partial charge in [-0.3, -0.25) is 0 Å². The lowest BCUT2D eigenvalue weighted by atomic mass is 9.85. The van der Waals surface area contributed by atoms with Gasteiger partial charge in [0.15, 0.2) is 0 Å². The summed E-state index contributed by atoms with van der Waals surface area (Å²) in [7, 11) is 4.71. The van der Waals surface area contributed by atoms with Gasteiger partial charge in [-0.05, 0) is 40.5 Å². The zero-order valence-corrected chi connectivity index (χ0v) is 10.9. The predicted octanol–water partition coefficient (Wildman–Crippen LogP) is 3.44. The van der Waals surface area contributed by atoms with E-state index < -0.39 is 0 Å². The number of rotatable bonds is 3. The molecule has 80 valence electrons. The van der Waals surface area contributed by atoms with Crippen LogP contribution in [0.1, 0.15) is 54.4 Å². The number of nitrogens with zero attached hydrogens (tertiary/aromatic N) is 1. The van der Waals surface area contributed by atoms with E-state index >= 15 is 0 Å². The summed E-state index contributed by atoms with van der Waals surface area (Å²) < 4.78 is 1.09. The van der Waals surface area contributed by atoms with Crippen LogP contribution in [0.3, 0.4) is 0 Å². The van der Waals surface area contributed by atoms with Gasteiger partial charge in [0.25, 0.3) is 0 Å². The van der Waals surface area contributed by atoms with Crippen LogP contribution in [0, 0.1) is 0 Å². The Balaban J connectivity index is 5.00. The van der Waals surface area contributed by atoms with Crippen LogP contribution in [-0.2, 0) is 0 Å². The van der Waals surface area contributed by atoms with Crippen molar-refractivity contribution < 1.29 is 4.48 Å². The number of hydrogen-bond donors (Lipinski definition) is 0.